The first kappa shape index (κ1) is 15.9. The summed E-state index contributed by atoms with van der Waals surface area (Å²) in [6.45, 7) is 0.0248. The Morgan fingerprint density at radius 2 is 1.65 bits per heavy atom. The molecule has 0 spiro atoms. The van der Waals surface area contributed by atoms with Crippen LogP contribution in [0.3, 0.4) is 0 Å². The van der Waals surface area contributed by atoms with E-state index in [0.29, 0.717) is 11.3 Å². The lowest BCUT2D eigenvalue weighted by molar-refractivity contribution is 0.295. The fourth-order valence-electron chi connectivity index (χ4n) is 1.62. The monoisotopic (exact) mass is 468 g/mol. The lowest BCUT2D eigenvalue weighted by atomic mass is 10.2. The van der Waals surface area contributed by atoms with E-state index in [1.54, 1.807) is 0 Å². The topological polar surface area (TPSA) is 9.23 Å². The third kappa shape index (κ3) is 3.80. The van der Waals surface area contributed by atoms with Gasteiger partial charge in [-0.05, 0) is 61.7 Å². The van der Waals surface area contributed by atoms with Crippen LogP contribution in [0.5, 0.6) is 5.75 Å². The molecule has 0 bridgehead atoms. The molecular formula is C14H9Br3F2O. The van der Waals surface area contributed by atoms with Gasteiger partial charge in [-0.3, -0.25) is 0 Å². The molecule has 0 unspecified atom stereocenters. The molecular weight excluding hydrogens is 462 g/mol. The molecule has 2 aromatic carbocycles. The Labute approximate surface area is 140 Å². The van der Waals surface area contributed by atoms with E-state index in [4.69, 9.17) is 4.74 Å². The highest BCUT2D eigenvalue weighted by molar-refractivity contribution is 9.11. The fourth-order valence-corrected chi connectivity index (χ4v) is 3.45. The number of hydrogen-bond donors (Lipinski definition) is 0. The molecule has 6 heteroatoms. The molecule has 2 aromatic rings. The van der Waals surface area contributed by atoms with Gasteiger partial charge in [0.05, 0.1) is 8.95 Å². The van der Waals surface area contributed by atoms with Crippen LogP contribution in [0, 0.1) is 11.6 Å². The molecule has 106 valence electrons. The predicted molar refractivity (Wildman–Crippen MR) is 85.2 cm³/mol. The highest BCUT2D eigenvalue weighted by Gasteiger charge is 2.11. The molecule has 0 atom stereocenters. The third-order valence-electron chi connectivity index (χ3n) is 2.60. The van der Waals surface area contributed by atoms with Crippen LogP contribution >= 0.6 is 47.8 Å². The number of rotatable bonds is 4. The Bertz CT molecular complexity index is 609. The highest BCUT2D eigenvalue weighted by Crippen LogP contribution is 2.36. The maximum atomic E-state index is 13.5. The van der Waals surface area contributed by atoms with Crippen molar-refractivity contribution in [2.24, 2.45) is 0 Å². The summed E-state index contributed by atoms with van der Waals surface area (Å²) in [7, 11) is 0. The van der Waals surface area contributed by atoms with Crippen molar-refractivity contribution in [3.63, 3.8) is 0 Å². The van der Waals surface area contributed by atoms with Gasteiger partial charge in [0, 0.05) is 17.0 Å². The minimum Gasteiger partial charge on any atom is -0.486 e. The maximum Gasteiger partial charge on any atom is 0.148 e. The average Bonchev–Trinajstić information content (AvgIpc) is 2.39. The van der Waals surface area contributed by atoms with Crippen LogP contribution in [0.25, 0.3) is 0 Å². The van der Waals surface area contributed by atoms with E-state index in [9.17, 15) is 8.78 Å². The van der Waals surface area contributed by atoms with Crippen molar-refractivity contribution < 1.29 is 13.5 Å². The normalized spacial score (nSPS) is 10.7. The molecule has 0 saturated carbocycles. The second kappa shape index (κ2) is 7.00. The van der Waals surface area contributed by atoms with Gasteiger partial charge in [-0.15, -0.1) is 0 Å². The van der Waals surface area contributed by atoms with Gasteiger partial charge in [0.15, 0.2) is 0 Å². The van der Waals surface area contributed by atoms with Crippen LogP contribution in [-0.2, 0) is 11.9 Å². The third-order valence-corrected chi connectivity index (χ3v) is 4.43. The van der Waals surface area contributed by atoms with Crippen molar-refractivity contribution >= 4 is 47.8 Å². The van der Waals surface area contributed by atoms with Gasteiger partial charge in [-0.1, -0.05) is 15.9 Å². The molecule has 0 aromatic heterocycles. The Morgan fingerprint density at radius 3 is 2.20 bits per heavy atom. The summed E-state index contributed by atoms with van der Waals surface area (Å²) in [6.07, 6.45) is 0. The minimum absolute atomic E-state index is 0.0248. The molecule has 0 fully saturated rings. The van der Waals surface area contributed by atoms with E-state index < -0.39 is 11.6 Å². The molecule has 1 nitrogen and oxygen atoms in total. The van der Waals surface area contributed by atoms with Crippen molar-refractivity contribution in [3.8, 4) is 5.75 Å². The summed E-state index contributed by atoms with van der Waals surface area (Å²) >= 11 is 10.2. The SMILES string of the molecule is Fc1ccc(COc2c(Br)cc(CBr)cc2Br)c(F)c1. The fraction of sp³-hybridized carbons (Fsp3) is 0.143. The first-order valence-electron chi connectivity index (χ1n) is 5.62. The van der Waals surface area contributed by atoms with Crippen LogP contribution in [0.1, 0.15) is 11.1 Å². The van der Waals surface area contributed by atoms with Gasteiger partial charge >= 0.3 is 0 Å². The quantitative estimate of drug-likeness (QED) is 0.501. The molecule has 0 aliphatic rings. The van der Waals surface area contributed by atoms with Gasteiger partial charge in [0.1, 0.15) is 24.0 Å². The van der Waals surface area contributed by atoms with Crippen LogP contribution in [0.2, 0.25) is 0 Å². The van der Waals surface area contributed by atoms with Gasteiger partial charge in [-0.25, -0.2) is 8.78 Å². The average molecular weight is 471 g/mol. The highest BCUT2D eigenvalue weighted by atomic mass is 79.9. The Kier molecular flexibility index (Phi) is 5.57. The van der Waals surface area contributed by atoms with Gasteiger partial charge in [-0.2, -0.15) is 0 Å². The van der Waals surface area contributed by atoms with E-state index in [-0.39, 0.29) is 6.61 Å². The van der Waals surface area contributed by atoms with Gasteiger partial charge in [0.2, 0.25) is 0 Å². The molecule has 0 aliphatic carbocycles. The lowest BCUT2D eigenvalue weighted by Crippen LogP contribution is -2.00. The number of ether oxygens (including phenoxy) is 1. The van der Waals surface area contributed by atoms with Crippen molar-refractivity contribution in [3.05, 3.63) is 62.0 Å². The molecule has 0 amide bonds. The summed E-state index contributed by atoms with van der Waals surface area (Å²) in [5, 5.41) is 0.719. The van der Waals surface area contributed by atoms with E-state index in [0.717, 1.165) is 25.9 Å². The number of benzene rings is 2. The van der Waals surface area contributed by atoms with Crippen molar-refractivity contribution in [1.82, 2.24) is 0 Å². The Morgan fingerprint density at radius 1 is 1.00 bits per heavy atom. The maximum absolute atomic E-state index is 13.5. The van der Waals surface area contributed by atoms with Gasteiger partial charge in [0.25, 0.3) is 0 Å². The summed E-state index contributed by atoms with van der Waals surface area (Å²) in [5.74, 6) is -0.636. The molecule has 20 heavy (non-hydrogen) atoms. The van der Waals surface area contributed by atoms with Crippen molar-refractivity contribution in [1.29, 1.82) is 0 Å². The second-order valence-corrected chi connectivity index (χ2v) is 6.32. The second-order valence-electron chi connectivity index (χ2n) is 4.05. The zero-order valence-corrected chi connectivity index (χ0v) is 14.9. The van der Waals surface area contributed by atoms with E-state index >= 15 is 0 Å². The summed E-state index contributed by atoms with van der Waals surface area (Å²) in [6, 6.07) is 7.25. The van der Waals surface area contributed by atoms with Crippen molar-refractivity contribution in [2.75, 3.05) is 0 Å². The number of alkyl halides is 1. The number of halogens is 5. The predicted octanol–water partition coefficient (Wildman–Crippen LogP) is 5.96. The smallest absolute Gasteiger partial charge is 0.148 e. The largest absolute Gasteiger partial charge is 0.486 e. The lowest BCUT2D eigenvalue weighted by Gasteiger charge is -2.12. The van der Waals surface area contributed by atoms with E-state index in [1.165, 1.54) is 12.1 Å². The summed E-state index contributed by atoms with van der Waals surface area (Å²) in [4.78, 5) is 0. The minimum atomic E-state index is -0.616. The Balaban J connectivity index is 2.19. The zero-order valence-electron chi connectivity index (χ0n) is 10.1. The van der Waals surface area contributed by atoms with Crippen molar-refractivity contribution in [2.45, 2.75) is 11.9 Å². The first-order chi connectivity index (χ1) is 9.51. The zero-order chi connectivity index (χ0) is 14.7. The van der Waals surface area contributed by atoms with Crippen LogP contribution in [0.4, 0.5) is 8.78 Å². The molecule has 0 N–H and O–H groups in total. The standard InChI is InChI=1S/C14H9Br3F2O/c15-6-8-3-11(16)14(12(17)4-8)20-7-9-1-2-10(18)5-13(9)19/h1-5H,6-7H2. The van der Waals surface area contributed by atoms with Crippen LogP contribution in [0.15, 0.2) is 39.3 Å². The molecule has 2 rings (SSSR count). The van der Waals surface area contributed by atoms with Crippen LogP contribution in [-0.4, -0.2) is 0 Å². The summed E-state index contributed by atoms with van der Waals surface area (Å²) < 4.78 is 33.5. The van der Waals surface area contributed by atoms with E-state index in [2.05, 4.69) is 47.8 Å². The first-order valence-corrected chi connectivity index (χ1v) is 8.32. The molecule has 0 radical (unpaired) electrons. The van der Waals surface area contributed by atoms with Crippen LogP contribution < -0.4 is 4.74 Å². The summed E-state index contributed by atoms with van der Waals surface area (Å²) in [5.41, 5.74) is 1.37. The molecule has 0 aliphatic heterocycles. The number of hydrogen-bond acceptors (Lipinski definition) is 1. The molecule has 0 saturated heterocycles. The van der Waals surface area contributed by atoms with Gasteiger partial charge < -0.3 is 4.74 Å². The molecule has 0 heterocycles. The Hall–Kier alpha value is -0.460. The van der Waals surface area contributed by atoms with E-state index in [1.807, 2.05) is 12.1 Å².